The van der Waals surface area contributed by atoms with Crippen LogP contribution in [0.1, 0.15) is 27.1 Å². The maximum Gasteiger partial charge on any atom is 0.294 e. The average molecular weight is 621 g/mol. The van der Waals surface area contributed by atoms with Crippen LogP contribution in [-0.2, 0) is 9.47 Å². The first-order valence-corrected chi connectivity index (χ1v) is 13.9. The number of hydrogen-bond donors (Lipinski definition) is 3. The second-order valence-electron chi connectivity index (χ2n) is 9.64. The Hall–Kier alpha value is -3.33. The number of aromatic nitrogens is 1. The number of rotatable bonds is 10. The third-order valence-corrected chi connectivity index (χ3v) is 7.53. The summed E-state index contributed by atoms with van der Waals surface area (Å²) < 4.78 is 11.2. The molecule has 2 aromatic rings. The number of anilines is 2. The summed E-state index contributed by atoms with van der Waals surface area (Å²) >= 11 is 3.34. The van der Waals surface area contributed by atoms with Crippen molar-refractivity contribution in [1.29, 1.82) is 0 Å². The third-order valence-electron chi connectivity index (χ3n) is 7.07. The number of hydrogen-bond acceptors (Lipinski definition) is 10. The van der Waals surface area contributed by atoms with Crippen LogP contribution in [0.4, 0.5) is 17.1 Å². The molecule has 2 aliphatic heterocycles. The molecule has 2 atom stereocenters. The Kier molecular flexibility index (Phi) is 10.3. The lowest BCUT2D eigenvalue weighted by Gasteiger charge is -2.36. The number of nitro groups is 1. The summed E-state index contributed by atoms with van der Waals surface area (Å²) in [7, 11) is 3.39. The highest BCUT2D eigenvalue weighted by Gasteiger charge is 2.33. The molecule has 14 heteroatoms. The zero-order valence-corrected chi connectivity index (χ0v) is 24.1. The van der Waals surface area contributed by atoms with E-state index in [0.29, 0.717) is 61.5 Å². The minimum absolute atomic E-state index is 0.105. The summed E-state index contributed by atoms with van der Waals surface area (Å²) in [5.74, 6) is -0.623. The third kappa shape index (κ3) is 7.24. The molecule has 1 aromatic carbocycles. The van der Waals surface area contributed by atoms with Gasteiger partial charge in [0.15, 0.2) is 0 Å². The molecule has 13 nitrogen and oxygen atoms in total. The van der Waals surface area contributed by atoms with Crippen LogP contribution in [0.15, 0.2) is 35.1 Å². The van der Waals surface area contributed by atoms with E-state index in [2.05, 4.69) is 41.8 Å². The molecule has 0 bridgehead atoms. The Morgan fingerprint density at radius 3 is 2.67 bits per heavy atom. The number of methoxy groups -OCH3 is 1. The van der Waals surface area contributed by atoms with E-state index in [9.17, 15) is 19.7 Å². The van der Waals surface area contributed by atoms with Crippen molar-refractivity contribution in [3.8, 4) is 0 Å². The molecule has 0 spiro atoms. The van der Waals surface area contributed by atoms with Gasteiger partial charge in [-0.2, -0.15) is 0 Å². The zero-order valence-electron chi connectivity index (χ0n) is 22.5. The first-order chi connectivity index (χ1) is 19.3. The minimum Gasteiger partial charge on any atom is -0.387 e. The van der Waals surface area contributed by atoms with Crippen LogP contribution in [-0.4, -0.2) is 110 Å². The minimum atomic E-state index is -0.518. The average Bonchev–Trinajstić information content (AvgIpc) is 2.97. The van der Waals surface area contributed by atoms with Crippen molar-refractivity contribution in [2.45, 2.75) is 18.5 Å². The van der Waals surface area contributed by atoms with Crippen molar-refractivity contribution in [1.82, 2.24) is 20.1 Å². The molecule has 0 unspecified atom stereocenters. The van der Waals surface area contributed by atoms with Gasteiger partial charge in [0.2, 0.25) is 0 Å². The molecule has 0 saturated carbocycles. The van der Waals surface area contributed by atoms with Crippen molar-refractivity contribution in [2.75, 3.05) is 77.3 Å². The molecule has 3 heterocycles. The summed E-state index contributed by atoms with van der Waals surface area (Å²) in [5.41, 5.74) is 1.13. The summed E-state index contributed by atoms with van der Waals surface area (Å²) in [4.78, 5) is 46.3. The van der Waals surface area contributed by atoms with Gasteiger partial charge in [0.25, 0.3) is 17.5 Å². The standard InChI is InChI=1S/C26H34BrN7O6/c1-28-19-11-17(14-29-15-19)25(35)31-21-3-9-40-16-22(21)30-24-20(12-18(27)13-23(24)34(37)38)26(36)33-6-4-32(5-7-33)8-10-39-2/h11-15,21-22,28,30H,3-10,16H2,1-2H3,(H,31,35)/t21-,22+/m0/s1. The van der Waals surface area contributed by atoms with Gasteiger partial charge in [-0.1, -0.05) is 15.9 Å². The molecular weight excluding hydrogens is 586 g/mol. The van der Waals surface area contributed by atoms with Crippen molar-refractivity contribution in [3.63, 3.8) is 0 Å². The second kappa shape index (κ2) is 13.8. The van der Waals surface area contributed by atoms with Crippen LogP contribution in [0.2, 0.25) is 0 Å². The Morgan fingerprint density at radius 2 is 1.98 bits per heavy atom. The van der Waals surface area contributed by atoms with Crippen LogP contribution in [0.5, 0.6) is 0 Å². The number of pyridine rings is 1. The predicted molar refractivity (Wildman–Crippen MR) is 153 cm³/mol. The van der Waals surface area contributed by atoms with Gasteiger partial charge in [-0.3, -0.25) is 29.6 Å². The lowest BCUT2D eigenvalue weighted by atomic mass is 10.0. The number of nitro benzene ring substituents is 1. The number of carbonyl (C=O) groups excluding carboxylic acids is 2. The van der Waals surface area contributed by atoms with Crippen LogP contribution in [0.3, 0.4) is 0 Å². The van der Waals surface area contributed by atoms with E-state index < -0.39 is 17.0 Å². The van der Waals surface area contributed by atoms with Gasteiger partial charge in [-0.15, -0.1) is 0 Å². The summed E-state index contributed by atoms with van der Waals surface area (Å²) in [6.45, 7) is 4.35. The van der Waals surface area contributed by atoms with Gasteiger partial charge in [0.05, 0.1) is 47.0 Å². The number of nitrogens with zero attached hydrogens (tertiary/aromatic N) is 4. The van der Waals surface area contributed by atoms with Crippen LogP contribution in [0, 0.1) is 10.1 Å². The van der Waals surface area contributed by atoms with Gasteiger partial charge < -0.3 is 30.3 Å². The SMILES string of the molecule is CNc1cncc(C(=O)N[C@H]2CCOC[C@H]2Nc2c(C(=O)N3CCN(CCOC)CC3)cc(Br)cc2[N+](=O)[O-])c1. The highest BCUT2D eigenvalue weighted by atomic mass is 79.9. The number of amides is 2. The molecule has 2 aliphatic rings. The number of ether oxygens (including phenoxy) is 2. The molecule has 40 heavy (non-hydrogen) atoms. The van der Waals surface area contributed by atoms with Gasteiger partial charge in [-0.25, -0.2) is 0 Å². The molecule has 1 aromatic heterocycles. The van der Waals surface area contributed by atoms with Crippen molar-refractivity contribution >= 4 is 44.8 Å². The zero-order chi connectivity index (χ0) is 28.6. The Morgan fingerprint density at radius 1 is 1.20 bits per heavy atom. The van der Waals surface area contributed by atoms with E-state index >= 15 is 0 Å². The monoisotopic (exact) mass is 619 g/mol. The topological polar surface area (TPSA) is 151 Å². The van der Waals surface area contributed by atoms with Crippen molar-refractivity contribution < 1.29 is 24.0 Å². The summed E-state index contributed by atoms with van der Waals surface area (Å²) in [6, 6.07) is 3.73. The van der Waals surface area contributed by atoms with Crippen molar-refractivity contribution in [2.24, 2.45) is 0 Å². The first-order valence-electron chi connectivity index (χ1n) is 13.1. The summed E-state index contributed by atoms with van der Waals surface area (Å²) in [5, 5.41) is 21.3. The molecule has 0 radical (unpaired) electrons. The van der Waals surface area contributed by atoms with Crippen LogP contribution in [0.25, 0.3) is 0 Å². The van der Waals surface area contributed by atoms with Gasteiger partial charge in [-0.05, 0) is 18.6 Å². The van der Waals surface area contributed by atoms with Crippen LogP contribution < -0.4 is 16.0 Å². The predicted octanol–water partition coefficient (Wildman–Crippen LogP) is 2.20. The van der Waals surface area contributed by atoms with E-state index in [1.165, 1.54) is 12.3 Å². The highest BCUT2D eigenvalue weighted by molar-refractivity contribution is 9.10. The van der Waals surface area contributed by atoms with E-state index in [0.717, 1.165) is 6.54 Å². The second-order valence-corrected chi connectivity index (χ2v) is 10.6. The Balaban J connectivity index is 1.56. The summed E-state index contributed by atoms with van der Waals surface area (Å²) in [6.07, 6.45) is 3.57. The maximum atomic E-state index is 13.7. The largest absolute Gasteiger partial charge is 0.387 e. The maximum absolute atomic E-state index is 13.7. The molecule has 4 rings (SSSR count). The fraction of sp³-hybridized carbons (Fsp3) is 0.500. The fourth-order valence-electron chi connectivity index (χ4n) is 4.81. The van der Waals surface area contributed by atoms with Gasteiger partial charge in [0.1, 0.15) is 5.69 Å². The molecule has 2 saturated heterocycles. The number of halogens is 1. The molecule has 2 amide bonds. The number of benzene rings is 1. The normalized spacial score (nSPS) is 19.6. The molecule has 0 aliphatic carbocycles. The van der Waals surface area contributed by atoms with E-state index in [1.807, 2.05) is 0 Å². The smallest absolute Gasteiger partial charge is 0.294 e. The quantitative estimate of drug-likeness (QED) is 0.266. The van der Waals surface area contributed by atoms with Gasteiger partial charge in [0, 0.05) is 76.4 Å². The lowest BCUT2D eigenvalue weighted by Crippen LogP contribution is -2.52. The van der Waals surface area contributed by atoms with E-state index in [-0.39, 0.29) is 35.4 Å². The van der Waals surface area contributed by atoms with E-state index in [1.54, 1.807) is 37.4 Å². The molecule has 3 N–H and O–H groups in total. The Labute approximate surface area is 240 Å². The van der Waals surface area contributed by atoms with Crippen molar-refractivity contribution in [3.05, 3.63) is 56.3 Å². The fourth-order valence-corrected chi connectivity index (χ4v) is 5.26. The molecule has 2 fully saturated rings. The van der Waals surface area contributed by atoms with Crippen LogP contribution >= 0.6 is 15.9 Å². The first kappa shape index (κ1) is 29.6. The van der Waals surface area contributed by atoms with E-state index in [4.69, 9.17) is 9.47 Å². The molecular formula is C26H34BrN7O6. The number of piperazine rings is 1. The number of nitrogens with one attached hydrogen (secondary N) is 3. The van der Waals surface area contributed by atoms with Gasteiger partial charge >= 0.3 is 0 Å². The molecule has 216 valence electrons. The highest BCUT2D eigenvalue weighted by Crippen LogP contribution is 2.35. The number of carbonyl (C=O) groups is 2. The lowest BCUT2D eigenvalue weighted by molar-refractivity contribution is -0.384. The Bertz CT molecular complexity index is 1220.